The number of carbonyl (C=O) groups excluding carboxylic acids is 1. The molecule has 2 fully saturated rings. The highest BCUT2D eigenvalue weighted by atomic mass is 16.4. The summed E-state index contributed by atoms with van der Waals surface area (Å²) in [5.41, 5.74) is -0.794. The Kier molecular flexibility index (Phi) is 4.16. The second-order valence-corrected chi connectivity index (χ2v) is 6.56. The van der Waals surface area contributed by atoms with Gasteiger partial charge in [-0.1, -0.05) is 26.7 Å². The second kappa shape index (κ2) is 5.51. The summed E-state index contributed by atoms with van der Waals surface area (Å²) >= 11 is 0. The minimum atomic E-state index is -0.798. The smallest absolute Gasteiger partial charge is 0.310 e. The normalized spacial score (nSPS) is 33.3. The van der Waals surface area contributed by atoms with Crippen LogP contribution >= 0.6 is 0 Å². The number of carboxylic acid groups (broad SMARTS) is 1. The van der Waals surface area contributed by atoms with Gasteiger partial charge in [0.2, 0.25) is 5.91 Å². The highest BCUT2D eigenvalue weighted by molar-refractivity contribution is 5.85. The van der Waals surface area contributed by atoms with Gasteiger partial charge in [0, 0.05) is 12.5 Å². The minimum Gasteiger partial charge on any atom is -0.481 e. The van der Waals surface area contributed by atoms with Gasteiger partial charge in [-0.25, -0.2) is 0 Å². The number of amides is 1. The molecule has 0 saturated heterocycles. The lowest BCUT2D eigenvalue weighted by Gasteiger charge is -2.25. The highest BCUT2D eigenvalue weighted by Gasteiger charge is 2.43. The number of carbonyl (C=O) groups is 2. The largest absolute Gasteiger partial charge is 0.481 e. The van der Waals surface area contributed by atoms with Crippen LogP contribution in [0.25, 0.3) is 0 Å². The molecule has 0 radical (unpaired) electrons. The Morgan fingerprint density at radius 1 is 1.21 bits per heavy atom. The first-order valence-electron chi connectivity index (χ1n) is 7.47. The fourth-order valence-electron chi connectivity index (χ4n) is 3.65. The van der Waals surface area contributed by atoms with Gasteiger partial charge in [0.25, 0.3) is 0 Å². The zero-order valence-electron chi connectivity index (χ0n) is 11.9. The molecular weight excluding hydrogens is 242 g/mol. The van der Waals surface area contributed by atoms with Crippen molar-refractivity contribution in [3.05, 3.63) is 0 Å². The Morgan fingerprint density at radius 2 is 1.84 bits per heavy atom. The maximum atomic E-state index is 12.1. The van der Waals surface area contributed by atoms with E-state index in [0.717, 1.165) is 25.7 Å². The SMILES string of the molecule is CC1CCC(NC(=O)CC2(C(=O)O)CCCC2)C1C. The fourth-order valence-corrected chi connectivity index (χ4v) is 3.65. The molecule has 1 amide bonds. The topological polar surface area (TPSA) is 66.4 Å². The van der Waals surface area contributed by atoms with E-state index >= 15 is 0 Å². The number of carboxylic acids is 1. The average molecular weight is 267 g/mol. The van der Waals surface area contributed by atoms with Crippen molar-refractivity contribution in [2.24, 2.45) is 17.3 Å². The predicted octanol–water partition coefficient (Wildman–Crippen LogP) is 2.57. The van der Waals surface area contributed by atoms with Gasteiger partial charge in [0.05, 0.1) is 5.41 Å². The Bertz CT molecular complexity index is 360. The summed E-state index contributed by atoms with van der Waals surface area (Å²) in [7, 11) is 0. The van der Waals surface area contributed by atoms with E-state index < -0.39 is 11.4 Å². The number of hydrogen-bond donors (Lipinski definition) is 2. The van der Waals surface area contributed by atoms with Crippen LogP contribution in [-0.4, -0.2) is 23.0 Å². The maximum absolute atomic E-state index is 12.1. The molecule has 0 spiro atoms. The van der Waals surface area contributed by atoms with Crippen molar-refractivity contribution < 1.29 is 14.7 Å². The summed E-state index contributed by atoms with van der Waals surface area (Å²) < 4.78 is 0. The molecule has 2 aliphatic rings. The van der Waals surface area contributed by atoms with E-state index in [0.29, 0.717) is 24.7 Å². The van der Waals surface area contributed by atoms with Crippen molar-refractivity contribution in [2.45, 2.75) is 64.8 Å². The molecule has 2 rings (SSSR count). The van der Waals surface area contributed by atoms with Crippen LogP contribution in [0.1, 0.15) is 58.8 Å². The van der Waals surface area contributed by atoms with E-state index in [9.17, 15) is 14.7 Å². The molecule has 0 bridgehead atoms. The number of rotatable bonds is 4. The van der Waals surface area contributed by atoms with E-state index in [2.05, 4.69) is 19.2 Å². The van der Waals surface area contributed by atoms with Crippen LogP contribution in [-0.2, 0) is 9.59 Å². The molecule has 0 aromatic carbocycles. The van der Waals surface area contributed by atoms with Gasteiger partial charge in [-0.15, -0.1) is 0 Å². The zero-order chi connectivity index (χ0) is 14.0. The van der Waals surface area contributed by atoms with Crippen molar-refractivity contribution >= 4 is 11.9 Å². The van der Waals surface area contributed by atoms with Crippen LogP contribution in [0, 0.1) is 17.3 Å². The van der Waals surface area contributed by atoms with Gasteiger partial charge in [-0.05, 0) is 37.5 Å². The first-order valence-corrected chi connectivity index (χ1v) is 7.47. The highest BCUT2D eigenvalue weighted by Crippen LogP contribution is 2.41. The van der Waals surface area contributed by atoms with Crippen LogP contribution in [0.4, 0.5) is 0 Å². The molecule has 4 heteroatoms. The van der Waals surface area contributed by atoms with E-state index in [1.807, 2.05) is 0 Å². The molecule has 0 aromatic heterocycles. The fraction of sp³-hybridized carbons (Fsp3) is 0.867. The van der Waals surface area contributed by atoms with Crippen LogP contribution in [0.5, 0.6) is 0 Å². The first-order chi connectivity index (χ1) is 8.94. The van der Waals surface area contributed by atoms with Gasteiger partial charge in [-0.2, -0.15) is 0 Å². The summed E-state index contributed by atoms with van der Waals surface area (Å²) in [5, 5.41) is 12.5. The zero-order valence-corrected chi connectivity index (χ0v) is 11.9. The molecule has 2 aliphatic carbocycles. The molecular formula is C15H25NO3. The van der Waals surface area contributed by atoms with Crippen molar-refractivity contribution in [3.8, 4) is 0 Å². The number of aliphatic carboxylic acids is 1. The van der Waals surface area contributed by atoms with Crippen molar-refractivity contribution in [1.29, 1.82) is 0 Å². The van der Waals surface area contributed by atoms with Crippen LogP contribution in [0.3, 0.4) is 0 Å². The van der Waals surface area contributed by atoms with E-state index in [4.69, 9.17) is 0 Å². The van der Waals surface area contributed by atoms with E-state index in [1.165, 1.54) is 0 Å². The number of nitrogens with one attached hydrogen (secondary N) is 1. The summed E-state index contributed by atoms with van der Waals surface area (Å²) in [6, 6.07) is 0.231. The monoisotopic (exact) mass is 267 g/mol. The predicted molar refractivity (Wildman–Crippen MR) is 72.6 cm³/mol. The first kappa shape index (κ1) is 14.4. The third-order valence-corrected chi connectivity index (χ3v) is 5.32. The quantitative estimate of drug-likeness (QED) is 0.822. The third-order valence-electron chi connectivity index (χ3n) is 5.32. The lowest BCUT2D eigenvalue weighted by molar-refractivity contribution is -0.151. The average Bonchev–Trinajstić information content (AvgIpc) is 2.92. The van der Waals surface area contributed by atoms with Gasteiger partial charge < -0.3 is 10.4 Å². The molecule has 2 saturated carbocycles. The molecule has 19 heavy (non-hydrogen) atoms. The maximum Gasteiger partial charge on any atom is 0.310 e. The molecule has 0 aromatic rings. The Balaban J connectivity index is 1.92. The summed E-state index contributed by atoms with van der Waals surface area (Å²) in [6.07, 6.45) is 5.47. The Hall–Kier alpha value is -1.06. The van der Waals surface area contributed by atoms with E-state index in [-0.39, 0.29) is 18.4 Å². The lowest BCUT2D eigenvalue weighted by Crippen LogP contribution is -2.41. The molecule has 3 unspecified atom stereocenters. The van der Waals surface area contributed by atoms with Crippen molar-refractivity contribution in [3.63, 3.8) is 0 Å². The van der Waals surface area contributed by atoms with Crippen molar-refractivity contribution in [1.82, 2.24) is 5.32 Å². The Labute approximate surface area is 115 Å². The second-order valence-electron chi connectivity index (χ2n) is 6.56. The van der Waals surface area contributed by atoms with Gasteiger partial charge in [0.1, 0.15) is 0 Å². The summed E-state index contributed by atoms with van der Waals surface area (Å²) in [4.78, 5) is 23.6. The van der Waals surface area contributed by atoms with E-state index in [1.54, 1.807) is 0 Å². The van der Waals surface area contributed by atoms with Crippen LogP contribution in [0.2, 0.25) is 0 Å². The van der Waals surface area contributed by atoms with Crippen LogP contribution in [0.15, 0.2) is 0 Å². The van der Waals surface area contributed by atoms with Gasteiger partial charge in [0.15, 0.2) is 0 Å². The minimum absolute atomic E-state index is 0.0738. The molecule has 0 heterocycles. The third kappa shape index (κ3) is 2.93. The number of hydrogen-bond acceptors (Lipinski definition) is 2. The molecule has 3 atom stereocenters. The van der Waals surface area contributed by atoms with Crippen LogP contribution < -0.4 is 5.32 Å². The molecule has 0 aliphatic heterocycles. The summed E-state index contributed by atoms with van der Waals surface area (Å²) in [6.45, 7) is 4.39. The molecule has 2 N–H and O–H groups in total. The standard InChI is InChI=1S/C15H25NO3/c1-10-5-6-12(11(10)2)16-13(17)9-15(14(18)19)7-3-4-8-15/h10-12H,3-9H2,1-2H3,(H,16,17)(H,18,19). The molecule has 108 valence electrons. The molecule has 4 nitrogen and oxygen atoms in total. The lowest BCUT2D eigenvalue weighted by atomic mass is 9.82. The van der Waals surface area contributed by atoms with Gasteiger partial charge >= 0.3 is 5.97 Å². The summed E-state index contributed by atoms with van der Waals surface area (Å²) in [5.74, 6) is 0.266. The van der Waals surface area contributed by atoms with Gasteiger partial charge in [-0.3, -0.25) is 9.59 Å². The van der Waals surface area contributed by atoms with Crippen molar-refractivity contribution in [2.75, 3.05) is 0 Å². The Morgan fingerprint density at radius 3 is 2.32 bits per heavy atom.